The van der Waals surface area contributed by atoms with E-state index in [2.05, 4.69) is 10.5 Å². The van der Waals surface area contributed by atoms with Gasteiger partial charge in [-0.1, -0.05) is 12.1 Å². The number of aromatic nitrogens is 3. The summed E-state index contributed by atoms with van der Waals surface area (Å²) in [6, 6.07) is 9.04. The van der Waals surface area contributed by atoms with E-state index < -0.39 is 0 Å². The Morgan fingerprint density at radius 1 is 1.33 bits per heavy atom. The summed E-state index contributed by atoms with van der Waals surface area (Å²) in [4.78, 5) is 12.5. The standard InChI is InChI=1S/C16H17N5O2S/c1-10-5-6-12(8-11(10)2)13(22)9-20-16(24)21(15(17)19-20)18-14-4-3-7-23-14/h3-8,18H,9H2,1-2H3,(H2,17,19). The van der Waals surface area contributed by atoms with E-state index in [0.717, 1.165) is 11.1 Å². The molecule has 3 rings (SSSR count). The largest absolute Gasteiger partial charge is 0.447 e. The fourth-order valence-electron chi connectivity index (χ4n) is 2.23. The number of ketones is 1. The van der Waals surface area contributed by atoms with E-state index in [0.29, 0.717) is 11.4 Å². The first-order valence-corrected chi connectivity index (χ1v) is 7.73. The van der Waals surface area contributed by atoms with E-state index in [-0.39, 0.29) is 23.0 Å². The number of hydrogen-bond donors (Lipinski definition) is 2. The van der Waals surface area contributed by atoms with E-state index in [1.165, 1.54) is 15.6 Å². The molecule has 0 saturated heterocycles. The maximum absolute atomic E-state index is 12.5. The van der Waals surface area contributed by atoms with Crippen LogP contribution in [0.4, 0.5) is 11.8 Å². The van der Waals surface area contributed by atoms with Crippen LogP contribution in [0.1, 0.15) is 21.5 Å². The van der Waals surface area contributed by atoms with Crippen molar-refractivity contribution in [3.63, 3.8) is 0 Å². The highest BCUT2D eigenvalue weighted by molar-refractivity contribution is 7.71. The highest BCUT2D eigenvalue weighted by Crippen LogP contribution is 2.13. The van der Waals surface area contributed by atoms with Gasteiger partial charge in [0.15, 0.2) is 5.78 Å². The number of furan rings is 1. The van der Waals surface area contributed by atoms with Gasteiger partial charge in [0.25, 0.3) is 0 Å². The van der Waals surface area contributed by atoms with Gasteiger partial charge >= 0.3 is 0 Å². The lowest BCUT2D eigenvalue weighted by molar-refractivity contribution is 0.0967. The van der Waals surface area contributed by atoms with Crippen LogP contribution in [0.15, 0.2) is 41.0 Å². The van der Waals surface area contributed by atoms with Crippen LogP contribution < -0.4 is 11.2 Å². The molecule has 24 heavy (non-hydrogen) atoms. The number of rotatable bonds is 5. The zero-order valence-corrected chi connectivity index (χ0v) is 14.1. The van der Waals surface area contributed by atoms with Crippen molar-refractivity contribution >= 4 is 29.8 Å². The quantitative estimate of drug-likeness (QED) is 0.547. The Kier molecular flexibility index (Phi) is 4.22. The van der Waals surface area contributed by atoms with Crippen LogP contribution in [0.2, 0.25) is 0 Å². The first-order chi connectivity index (χ1) is 11.5. The van der Waals surface area contributed by atoms with Crippen molar-refractivity contribution in [1.82, 2.24) is 14.5 Å². The van der Waals surface area contributed by atoms with Crippen LogP contribution >= 0.6 is 12.2 Å². The zero-order chi connectivity index (χ0) is 17.3. The summed E-state index contributed by atoms with van der Waals surface area (Å²) in [6.45, 7) is 3.98. The van der Waals surface area contributed by atoms with Crippen molar-refractivity contribution in [3.8, 4) is 0 Å². The molecule has 0 saturated carbocycles. The lowest BCUT2D eigenvalue weighted by Gasteiger charge is -2.05. The van der Waals surface area contributed by atoms with Crippen LogP contribution in [0.3, 0.4) is 0 Å². The average Bonchev–Trinajstić information content (AvgIpc) is 3.14. The predicted octanol–water partition coefficient (Wildman–Crippen LogP) is 2.96. The third-order valence-corrected chi connectivity index (χ3v) is 4.12. The second-order valence-corrected chi connectivity index (χ2v) is 5.81. The van der Waals surface area contributed by atoms with Gasteiger partial charge in [-0.05, 0) is 49.3 Å². The van der Waals surface area contributed by atoms with Gasteiger partial charge in [-0.2, -0.15) is 4.68 Å². The zero-order valence-electron chi connectivity index (χ0n) is 13.3. The summed E-state index contributed by atoms with van der Waals surface area (Å²) in [5, 5.41) is 4.12. The Labute approximate surface area is 143 Å². The molecule has 7 nitrogen and oxygen atoms in total. The molecule has 0 fully saturated rings. The molecule has 2 heterocycles. The summed E-state index contributed by atoms with van der Waals surface area (Å²) in [5.41, 5.74) is 11.6. The van der Waals surface area contributed by atoms with Crippen LogP contribution in [-0.2, 0) is 6.54 Å². The molecule has 0 aliphatic heterocycles. The Hall–Kier alpha value is -2.87. The Morgan fingerprint density at radius 3 is 2.79 bits per heavy atom. The molecule has 0 radical (unpaired) electrons. The molecule has 0 spiro atoms. The minimum Gasteiger partial charge on any atom is -0.447 e. The predicted molar refractivity (Wildman–Crippen MR) is 93.4 cm³/mol. The lowest BCUT2D eigenvalue weighted by atomic mass is 10.0. The Balaban J connectivity index is 1.84. The van der Waals surface area contributed by atoms with Gasteiger partial charge in [-0.15, -0.1) is 5.10 Å². The molecule has 124 valence electrons. The average molecular weight is 343 g/mol. The second kappa shape index (κ2) is 6.32. The smallest absolute Gasteiger partial charge is 0.240 e. The Morgan fingerprint density at radius 2 is 2.12 bits per heavy atom. The molecule has 3 aromatic rings. The van der Waals surface area contributed by atoms with E-state index in [1.807, 2.05) is 26.0 Å². The molecule has 8 heteroatoms. The third-order valence-electron chi connectivity index (χ3n) is 3.73. The molecule has 0 aliphatic rings. The molecule has 0 atom stereocenters. The number of aryl methyl sites for hydroxylation is 2. The van der Waals surface area contributed by atoms with Crippen LogP contribution in [0.5, 0.6) is 0 Å². The fraction of sp³-hybridized carbons (Fsp3) is 0.188. The molecule has 3 N–H and O–H groups in total. The molecule has 0 aliphatic carbocycles. The summed E-state index contributed by atoms with van der Waals surface area (Å²) in [5.74, 6) is 0.527. The van der Waals surface area contributed by atoms with Gasteiger partial charge in [-0.25, -0.2) is 4.68 Å². The summed E-state index contributed by atoms with van der Waals surface area (Å²) >= 11 is 5.33. The number of nitrogens with two attached hydrogens (primary N) is 1. The van der Waals surface area contributed by atoms with Crippen LogP contribution in [0.25, 0.3) is 0 Å². The number of carbonyl (C=O) groups excluding carboxylic acids is 1. The second-order valence-electron chi connectivity index (χ2n) is 5.45. The van der Waals surface area contributed by atoms with Crippen molar-refractivity contribution in [3.05, 3.63) is 58.1 Å². The van der Waals surface area contributed by atoms with Gasteiger partial charge in [0.05, 0.1) is 6.26 Å². The van der Waals surface area contributed by atoms with Crippen LogP contribution in [-0.4, -0.2) is 20.2 Å². The topological polar surface area (TPSA) is 91.0 Å². The lowest BCUT2D eigenvalue weighted by Crippen LogP contribution is -2.14. The number of benzene rings is 1. The monoisotopic (exact) mass is 343 g/mol. The van der Waals surface area contributed by atoms with Gasteiger partial charge in [0.1, 0.15) is 6.54 Å². The number of anilines is 2. The maximum Gasteiger partial charge on any atom is 0.240 e. The van der Waals surface area contributed by atoms with Crippen LogP contribution in [0, 0.1) is 18.6 Å². The third kappa shape index (κ3) is 3.09. The fourth-order valence-corrected chi connectivity index (χ4v) is 2.47. The SMILES string of the molecule is Cc1ccc(C(=O)Cn2nc(N)n(Nc3ccco3)c2=S)cc1C. The molecule has 1 aromatic carbocycles. The van der Waals surface area contributed by atoms with Gasteiger partial charge in [0, 0.05) is 11.6 Å². The number of carbonyl (C=O) groups is 1. The highest BCUT2D eigenvalue weighted by atomic mass is 32.1. The maximum atomic E-state index is 12.5. The summed E-state index contributed by atoms with van der Waals surface area (Å²) < 4.78 is 8.25. The molecule has 0 unspecified atom stereocenters. The normalized spacial score (nSPS) is 10.8. The minimum absolute atomic E-state index is 0.0123. The van der Waals surface area contributed by atoms with E-state index in [9.17, 15) is 4.79 Å². The first kappa shape index (κ1) is 16.0. The molecule has 0 amide bonds. The highest BCUT2D eigenvalue weighted by Gasteiger charge is 2.14. The van der Waals surface area contributed by atoms with E-state index in [4.69, 9.17) is 22.4 Å². The van der Waals surface area contributed by atoms with Crippen molar-refractivity contribution in [2.75, 3.05) is 11.2 Å². The number of nitrogens with zero attached hydrogens (tertiary/aromatic N) is 3. The number of hydrogen-bond acceptors (Lipinski definition) is 6. The van der Waals surface area contributed by atoms with Crippen molar-refractivity contribution in [1.29, 1.82) is 0 Å². The number of nitrogen functional groups attached to an aromatic ring is 1. The van der Waals surface area contributed by atoms with E-state index >= 15 is 0 Å². The number of Topliss-reactive ketones (excluding diaryl/α,β-unsaturated/α-hetero) is 1. The summed E-state index contributed by atoms with van der Waals surface area (Å²) in [7, 11) is 0. The minimum atomic E-state index is -0.0863. The van der Waals surface area contributed by atoms with Gasteiger partial charge in [0.2, 0.25) is 16.6 Å². The Bertz CT molecular complexity index is 940. The number of nitrogens with one attached hydrogen (secondary N) is 1. The molecule has 2 aromatic heterocycles. The summed E-state index contributed by atoms with van der Waals surface area (Å²) in [6.07, 6.45) is 1.52. The van der Waals surface area contributed by atoms with Crippen molar-refractivity contribution in [2.45, 2.75) is 20.4 Å². The molecular formula is C16H17N5O2S. The van der Waals surface area contributed by atoms with Crippen molar-refractivity contribution in [2.24, 2.45) is 0 Å². The van der Waals surface area contributed by atoms with Crippen molar-refractivity contribution < 1.29 is 9.21 Å². The first-order valence-electron chi connectivity index (χ1n) is 7.32. The van der Waals surface area contributed by atoms with Gasteiger partial charge in [-0.3, -0.25) is 10.2 Å². The molecular weight excluding hydrogens is 326 g/mol. The van der Waals surface area contributed by atoms with E-state index in [1.54, 1.807) is 18.2 Å². The molecule has 0 bridgehead atoms. The van der Waals surface area contributed by atoms with Gasteiger partial charge < -0.3 is 10.2 Å².